The zero-order valence-corrected chi connectivity index (χ0v) is 10.4. The highest BCUT2D eigenvalue weighted by Crippen LogP contribution is 2.16. The summed E-state index contributed by atoms with van der Waals surface area (Å²) in [5.41, 5.74) is 7.05. The maximum absolute atomic E-state index is 9.19. The van der Waals surface area contributed by atoms with E-state index in [-0.39, 0.29) is 5.41 Å². The first-order valence-corrected chi connectivity index (χ1v) is 5.59. The molecule has 0 bridgehead atoms. The SMILES string of the molecule is CN(Cc1ccc(O)cc1)CC(C)(C)CN. The molecule has 3 heteroatoms. The summed E-state index contributed by atoms with van der Waals surface area (Å²) in [5, 5.41) is 9.19. The number of phenols is 1. The molecule has 0 aromatic heterocycles. The van der Waals surface area contributed by atoms with E-state index < -0.39 is 0 Å². The van der Waals surface area contributed by atoms with Gasteiger partial charge in [-0.25, -0.2) is 0 Å². The van der Waals surface area contributed by atoms with Crippen LogP contribution >= 0.6 is 0 Å². The second kappa shape index (κ2) is 5.32. The molecule has 3 nitrogen and oxygen atoms in total. The van der Waals surface area contributed by atoms with Crippen LogP contribution < -0.4 is 5.73 Å². The van der Waals surface area contributed by atoms with E-state index in [1.165, 1.54) is 5.56 Å². The van der Waals surface area contributed by atoms with Gasteiger partial charge in [0.25, 0.3) is 0 Å². The third-order valence-electron chi connectivity index (χ3n) is 2.64. The monoisotopic (exact) mass is 222 g/mol. The molecule has 0 heterocycles. The van der Waals surface area contributed by atoms with Crippen molar-refractivity contribution in [1.82, 2.24) is 4.90 Å². The second-order valence-electron chi connectivity index (χ2n) is 5.21. The molecule has 16 heavy (non-hydrogen) atoms. The van der Waals surface area contributed by atoms with Gasteiger partial charge >= 0.3 is 0 Å². The fourth-order valence-corrected chi connectivity index (χ4v) is 1.76. The van der Waals surface area contributed by atoms with Gasteiger partial charge in [0.2, 0.25) is 0 Å². The maximum atomic E-state index is 9.19. The lowest BCUT2D eigenvalue weighted by molar-refractivity contribution is 0.210. The first kappa shape index (κ1) is 13.0. The van der Waals surface area contributed by atoms with Crippen molar-refractivity contribution < 1.29 is 5.11 Å². The topological polar surface area (TPSA) is 49.5 Å². The summed E-state index contributed by atoms with van der Waals surface area (Å²) in [6.07, 6.45) is 0. The van der Waals surface area contributed by atoms with Gasteiger partial charge in [-0.2, -0.15) is 0 Å². The van der Waals surface area contributed by atoms with Crippen molar-refractivity contribution in [3.63, 3.8) is 0 Å². The van der Waals surface area contributed by atoms with E-state index in [0.717, 1.165) is 13.1 Å². The Kier molecular flexibility index (Phi) is 4.33. The average molecular weight is 222 g/mol. The van der Waals surface area contributed by atoms with E-state index >= 15 is 0 Å². The number of nitrogens with zero attached hydrogens (tertiary/aromatic N) is 1. The largest absolute Gasteiger partial charge is 0.508 e. The van der Waals surface area contributed by atoms with E-state index in [9.17, 15) is 5.11 Å². The van der Waals surface area contributed by atoms with Crippen molar-refractivity contribution in [3.05, 3.63) is 29.8 Å². The number of nitrogens with two attached hydrogens (primary N) is 1. The second-order valence-corrected chi connectivity index (χ2v) is 5.21. The molecule has 0 aliphatic heterocycles. The minimum Gasteiger partial charge on any atom is -0.508 e. The summed E-state index contributed by atoms with van der Waals surface area (Å²) < 4.78 is 0. The van der Waals surface area contributed by atoms with Gasteiger partial charge in [-0.3, -0.25) is 0 Å². The van der Waals surface area contributed by atoms with Gasteiger partial charge < -0.3 is 15.7 Å². The van der Waals surface area contributed by atoms with Crippen LogP contribution in [0.15, 0.2) is 24.3 Å². The van der Waals surface area contributed by atoms with Gasteiger partial charge in [0, 0.05) is 13.1 Å². The van der Waals surface area contributed by atoms with Gasteiger partial charge in [-0.1, -0.05) is 26.0 Å². The lowest BCUT2D eigenvalue weighted by Crippen LogP contribution is -2.36. The molecule has 1 aromatic carbocycles. The molecule has 0 unspecified atom stereocenters. The lowest BCUT2D eigenvalue weighted by atomic mass is 9.93. The van der Waals surface area contributed by atoms with Gasteiger partial charge in [0.1, 0.15) is 5.75 Å². The maximum Gasteiger partial charge on any atom is 0.115 e. The van der Waals surface area contributed by atoms with Crippen LogP contribution in [0.1, 0.15) is 19.4 Å². The number of benzene rings is 1. The highest BCUT2D eigenvalue weighted by molar-refractivity contribution is 5.25. The van der Waals surface area contributed by atoms with Crippen LogP contribution in [0, 0.1) is 5.41 Å². The summed E-state index contributed by atoms with van der Waals surface area (Å²) in [4.78, 5) is 2.25. The Balaban J connectivity index is 2.51. The van der Waals surface area contributed by atoms with Crippen LogP contribution in [0.4, 0.5) is 0 Å². The zero-order valence-electron chi connectivity index (χ0n) is 10.4. The predicted molar refractivity (Wildman–Crippen MR) is 67.3 cm³/mol. The van der Waals surface area contributed by atoms with Crippen molar-refractivity contribution in [3.8, 4) is 5.75 Å². The number of aromatic hydroxyl groups is 1. The molecule has 3 N–H and O–H groups in total. The third-order valence-corrected chi connectivity index (χ3v) is 2.64. The number of hydrogen-bond donors (Lipinski definition) is 2. The number of rotatable bonds is 5. The van der Waals surface area contributed by atoms with E-state index in [1.54, 1.807) is 12.1 Å². The minimum atomic E-state index is 0.145. The zero-order chi connectivity index (χ0) is 12.2. The number of phenolic OH excluding ortho intramolecular Hbond substituents is 1. The molecule has 0 aliphatic carbocycles. The van der Waals surface area contributed by atoms with Crippen LogP contribution in [-0.2, 0) is 6.54 Å². The third kappa shape index (κ3) is 4.21. The summed E-state index contributed by atoms with van der Waals surface area (Å²) in [6, 6.07) is 7.33. The van der Waals surface area contributed by atoms with Gasteiger partial charge in [0.05, 0.1) is 0 Å². The molecule has 0 amide bonds. The summed E-state index contributed by atoms with van der Waals surface area (Å²) in [6.45, 7) is 6.86. The minimum absolute atomic E-state index is 0.145. The highest BCUT2D eigenvalue weighted by atomic mass is 16.3. The highest BCUT2D eigenvalue weighted by Gasteiger charge is 2.17. The van der Waals surface area contributed by atoms with E-state index in [0.29, 0.717) is 12.3 Å². The Morgan fingerprint density at radius 2 is 1.81 bits per heavy atom. The normalized spacial score (nSPS) is 12.1. The van der Waals surface area contributed by atoms with Crippen LogP contribution in [0.5, 0.6) is 5.75 Å². The van der Waals surface area contributed by atoms with Gasteiger partial charge in [-0.05, 0) is 36.7 Å². The van der Waals surface area contributed by atoms with Crippen LogP contribution in [0.3, 0.4) is 0 Å². The first-order chi connectivity index (χ1) is 7.43. The molecule has 0 saturated heterocycles. The van der Waals surface area contributed by atoms with Crippen molar-refractivity contribution in [2.45, 2.75) is 20.4 Å². The standard InChI is InChI=1S/C13H22N2O/c1-13(2,9-14)10-15(3)8-11-4-6-12(16)7-5-11/h4-7,16H,8-10,14H2,1-3H3. The number of hydrogen-bond acceptors (Lipinski definition) is 3. The molecule has 1 rings (SSSR count). The molecule has 0 fully saturated rings. The quantitative estimate of drug-likeness (QED) is 0.799. The van der Waals surface area contributed by atoms with Crippen molar-refractivity contribution in [2.75, 3.05) is 20.1 Å². The van der Waals surface area contributed by atoms with Crippen molar-refractivity contribution >= 4 is 0 Å². The molecule has 1 aromatic rings. The predicted octanol–water partition coefficient (Wildman–Crippen LogP) is 1.81. The molecule has 0 aliphatic rings. The van der Waals surface area contributed by atoms with Crippen LogP contribution in [-0.4, -0.2) is 30.1 Å². The lowest BCUT2D eigenvalue weighted by Gasteiger charge is -2.29. The molecule has 0 radical (unpaired) electrons. The van der Waals surface area contributed by atoms with Crippen molar-refractivity contribution in [1.29, 1.82) is 0 Å². The smallest absolute Gasteiger partial charge is 0.115 e. The fourth-order valence-electron chi connectivity index (χ4n) is 1.76. The van der Waals surface area contributed by atoms with Crippen LogP contribution in [0.2, 0.25) is 0 Å². The molecular weight excluding hydrogens is 200 g/mol. The Bertz CT molecular complexity index is 319. The summed E-state index contributed by atoms with van der Waals surface area (Å²) in [5.74, 6) is 0.314. The van der Waals surface area contributed by atoms with E-state index in [4.69, 9.17) is 5.73 Å². The molecule has 0 saturated carbocycles. The van der Waals surface area contributed by atoms with E-state index in [2.05, 4.69) is 25.8 Å². The Morgan fingerprint density at radius 3 is 2.31 bits per heavy atom. The molecule has 90 valence electrons. The fraction of sp³-hybridized carbons (Fsp3) is 0.538. The summed E-state index contributed by atoms with van der Waals surface area (Å²) >= 11 is 0. The molecular formula is C13H22N2O. The van der Waals surface area contributed by atoms with E-state index in [1.807, 2.05) is 12.1 Å². The Morgan fingerprint density at radius 1 is 1.25 bits per heavy atom. The van der Waals surface area contributed by atoms with Crippen molar-refractivity contribution in [2.24, 2.45) is 11.1 Å². The summed E-state index contributed by atoms with van der Waals surface area (Å²) in [7, 11) is 2.09. The average Bonchev–Trinajstić information content (AvgIpc) is 2.21. The van der Waals surface area contributed by atoms with Gasteiger partial charge in [0.15, 0.2) is 0 Å². The molecule has 0 spiro atoms. The van der Waals surface area contributed by atoms with Crippen LogP contribution in [0.25, 0.3) is 0 Å². The Hall–Kier alpha value is -1.06. The first-order valence-electron chi connectivity index (χ1n) is 5.59. The Labute approximate surface area is 97.9 Å². The molecule has 0 atom stereocenters. The van der Waals surface area contributed by atoms with Gasteiger partial charge in [-0.15, -0.1) is 0 Å².